The largest absolute Gasteiger partial charge is 0.504 e. The Labute approximate surface area is 115 Å². The van der Waals surface area contributed by atoms with Crippen LogP contribution in [-0.4, -0.2) is 36.2 Å². The van der Waals surface area contributed by atoms with Gasteiger partial charge in [0.1, 0.15) is 0 Å². The van der Waals surface area contributed by atoms with E-state index in [1.165, 1.54) is 12.8 Å². The molecule has 0 saturated carbocycles. The first-order valence-electron chi connectivity index (χ1n) is 7.16. The first-order valence-corrected chi connectivity index (χ1v) is 7.16. The predicted octanol–water partition coefficient (Wildman–Crippen LogP) is 2.28. The third kappa shape index (κ3) is 3.19. The maximum Gasteiger partial charge on any atom is 0.162 e. The van der Waals surface area contributed by atoms with Crippen molar-refractivity contribution in [3.05, 3.63) is 23.8 Å². The first kappa shape index (κ1) is 14.2. The number of rotatable bonds is 6. The van der Waals surface area contributed by atoms with Crippen LogP contribution in [0.25, 0.3) is 0 Å². The molecule has 0 spiro atoms. The molecule has 1 aromatic rings. The molecule has 19 heavy (non-hydrogen) atoms. The van der Waals surface area contributed by atoms with Crippen LogP contribution in [0.2, 0.25) is 0 Å². The van der Waals surface area contributed by atoms with Crippen LogP contribution in [0.5, 0.6) is 11.5 Å². The fourth-order valence-electron chi connectivity index (χ4n) is 2.83. The van der Waals surface area contributed by atoms with Crippen LogP contribution in [0.3, 0.4) is 0 Å². The lowest BCUT2D eigenvalue weighted by Gasteiger charge is -2.28. The normalized spacial score (nSPS) is 17.6. The molecule has 106 valence electrons. The Morgan fingerprint density at radius 3 is 2.74 bits per heavy atom. The number of phenolic OH excluding ortho intramolecular Hbond substituents is 1. The summed E-state index contributed by atoms with van der Waals surface area (Å²) in [6.45, 7) is 5.28. The van der Waals surface area contributed by atoms with Crippen molar-refractivity contribution in [3.8, 4) is 11.5 Å². The maximum absolute atomic E-state index is 10.4. The summed E-state index contributed by atoms with van der Waals surface area (Å²) in [5.41, 5.74) is 6.68. The number of hydrogen-bond donors (Lipinski definition) is 2. The summed E-state index contributed by atoms with van der Waals surface area (Å²) in [7, 11) is 0. The summed E-state index contributed by atoms with van der Waals surface area (Å²) in [6.07, 6.45) is 3.32. The number of likely N-dealkylation sites (tertiary alicyclic amines) is 1. The van der Waals surface area contributed by atoms with Crippen LogP contribution in [0, 0.1) is 0 Å². The predicted molar refractivity (Wildman–Crippen MR) is 76.5 cm³/mol. The number of nitrogens with zero attached hydrogens (tertiary/aromatic N) is 1. The quantitative estimate of drug-likeness (QED) is 0.827. The van der Waals surface area contributed by atoms with Crippen LogP contribution in [0.15, 0.2) is 18.2 Å². The highest BCUT2D eigenvalue weighted by Crippen LogP contribution is 2.38. The highest BCUT2D eigenvalue weighted by molar-refractivity contribution is 5.47. The van der Waals surface area contributed by atoms with Gasteiger partial charge in [0.05, 0.1) is 6.61 Å². The zero-order valence-corrected chi connectivity index (χ0v) is 11.6. The van der Waals surface area contributed by atoms with Gasteiger partial charge in [-0.15, -0.1) is 0 Å². The second kappa shape index (κ2) is 6.78. The molecule has 1 fully saturated rings. The third-order valence-electron chi connectivity index (χ3n) is 3.71. The van der Waals surface area contributed by atoms with Crippen LogP contribution in [-0.2, 0) is 0 Å². The highest BCUT2D eigenvalue weighted by Gasteiger charge is 2.26. The Bertz CT molecular complexity index is 403. The van der Waals surface area contributed by atoms with Crippen molar-refractivity contribution < 1.29 is 9.84 Å². The lowest BCUT2D eigenvalue weighted by Crippen LogP contribution is -2.27. The molecule has 1 unspecified atom stereocenters. The monoisotopic (exact) mass is 264 g/mol. The number of para-hydroxylation sites is 1. The van der Waals surface area contributed by atoms with Crippen molar-refractivity contribution >= 4 is 0 Å². The fourth-order valence-corrected chi connectivity index (χ4v) is 2.83. The van der Waals surface area contributed by atoms with E-state index in [1.54, 1.807) is 0 Å². The van der Waals surface area contributed by atoms with Crippen molar-refractivity contribution in [1.29, 1.82) is 0 Å². The smallest absolute Gasteiger partial charge is 0.162 e. The molecule has 1 aromatic carbocycles. The molecule has 4 nitrogen and oxygen atoms in total. The van der Waals surface area contributed by atoms with E-state index in [2.05, 4.69) is 4.90 Å². The van der Waals surface area contributed by atoms with Crippen LogP contribution >= 0.6 is 0 Å². The van der Waals surface area contributed by atoms with Gasteiger partial charge in [0.25, 0.3) is 0 Å². The summed E-state index contributed by atoms with van der Waals surface area (Å²) in [5, 5.41) is 10.4. The van der Waals surface area contributed by atoms with Gasteiger partial charge in [0, 0.05) is 11.6 Å². The van der Waals surface area contributed by atoms with E-state index in [1.807, 2.05) is 25.1 Å². The molecule has 1 aliphatic rings. The molecular weight excluding hydrogens is 240 g/mol. The number of phenols is 1. The van der Waals surface area contributed by atoms with Gasteiger partial charge in [-0.25, -0.2) is 0 Å². The second-order valence-electron chi connectivity index (χ2n) is 4.96. The van der Waals surface area contributed by atoms with Gasteiger partial charge in [-0.2, -0.15) is 0 Å². The summed E-state index contributed by atoms with van der Waals surface area (Å²) in [4.78, 5) is 2.41. The Balaban J connectivity index is 2.27. The molecule has 0 aliphatic carbocycles. The summed E-state index contributed by atoms with van der Waals surface area (Å²) in [6, 6.07) is 5.94. The zero-order chi connectivity index (χ0) is 13.7. The second-order valence-corrected chi connectivity index (χ2v) is 4.96. The van der Waals surface area contributed by atoms with E-state index in [4.69, 9.17) is 10.5 Å². The van der Waals surface area contributed by atoms with Crippen molar-refractivity contribution in [3.63, 3.8) is 0 Å². The van der Waals surface area contributed by atoms with E-state index in [-0.39, 0.29) is 11.8 Å². The van der Waals surface area contributed by atoms with Crippen LogP contribution < -0.4 is 10.5 Å². The van der Waals surface area contributed by atoms with Gasteiger partial charge in [0.2, 0.25) is 0 Å². The van der Waals surface area contributed by atoms with Crippen molar-refractivity contribution in [2.24, 2.45) is 5.73 Å². The Morgan fingerprint density at radius 2 is 2.11 bits per heavy atom. The molecule has 0 radical (unpaired) electrons. The van der Waals surface area contributed by atoms with E-state index in [9.17, 15) is 5.11 Å². The molecule has 2 rings (SSSR count). The molecule has 0 amide bonds. The maximum atomic E-state index is 10.4. The minimum atomic E-state index is 0.202. The number of aromatic hydroxyl groups is 1. The standard InChI is InChI=1S/C15H24N2O2/c1-2-19-14-7-5-6-12(15(14)18)13(8-9-16)17-10-3-4-11-17/h5-7,13,18H,2-4,8-11,16H2,1H3. The van der Waals surface area contributed by atoms with Gasteiger partial charge >= 0.3 is 0 Å². The lowest BCUT2D eigenvalue weighted by molar-refractivity contribution is 0.228. The van der Waals surface area contributed by atoms with Gasteiger partial charge in [-0.3, -0.25) is 4.90 Å². The molecule has 0 aromatic heterocycles. The van der Waals surface area contributed by atoms with E-state index < -0.39 is 0 Å². The Hall–Kier alpha value is -1.26. The number of benzene rings is 1. The Kier molecular flexibility index (Phi) is 5.05. The van der Waals surface area contributed by atoms with E-state index in [0.29, 0.717) is 18.9 Å². The molecule has 0 bridgehead atoms. The number of nitrogens with two attached hydrogens (primary N) is 1. The fraction of sp³-hybridized carbons (Fsp3) is 0.600. The molecule has 3 N–H and O–H groups in total. The van der Waals surface area contributed by atoms with Crippen molar-refractivity contribution in [1.82, 2.24) is 4.90 Å². The Morgan fingerprint density at radius 1 is 1.37 bits per heavy atom. The minimum absolute atomic E-state index is 0.202. The third-order valence-corrected chi connectivity index (χ3v) is 3.71. The van der Waals surface area contributed by atoms with Gasteiger partial charge in [0.15, 0.2) is 11.5 Å². The molecular formula is C15H24N2O2. The highest BCUT2D eigenvalue weighted by atomic mass is 16.5. The molecule has 1 saturated heterocycles. The lowest BCUT2D eigenvalue weighted by atomic mass is 10.0. The van der Waals surface area contributed by atoms with E-state index >= 15 is 0 Å². The SMILES string of the molecule is CCOc1cccc(C(CCN)N2CCCC2)c1O. The molecule has 1 heterocycles. The molecule has 1 atom stereocenters. The average molecular weight is 264 g/mol. The van der Waals surface area contributed by atoms with Gasteiger partial charge < -0.3 is 15.6 Å². The summed E-state index contributed by atoms with van der Waals surface area (Å²) < 4.78 is 5.47. The van der Waals surface area contributed by atoms with Crippen LogP contribution in [0.1, 0.15) is 37.8 Å². The number of hydrogen-bond acceptors (Lipinski definition) is 4. The number of ether oxygens (including phenoxy) is 1. The summed E-state index contributed by atoms with van der Waals surface area (Å²) in [5.74, 6) is 0.843. The molecule has 1 aliphatic heterocycles. The summed E-state index contributed by atoms with van der Waals surface area (Å²) >= 11 is 0. The minimum Gasteiger partial charge on any atom is -0.504 e. The zero-order valence-electron chi connectivity index (χ0n) is 11.6. The van der Waals surface area contributed by atoms with Gasteiger partial charge in [-0.1, -0.05) is 12.1 Å². The van der Waals surface area contributed by atoms with Crippen molar-refractivity contribution in [2.75, 3.05) is 26.2 Å². The average Bonchev–Trinajstić information content (AvgIpc) is 2.93. The first-order chi connectivity index (χ1) is 9.27. The van der Waals surface area contributed by atoms with Crippen LogP contribution in [0.4, 0.5) is 0 Å². The van der Waals surface area contributed by atoms with Gasteiger partial charge in [-0.05, 0) is 51.9 Å². The van der Waals surface area contributed by atoms with Crippen molar-refractivity contribution in [2.45, 2.75) is 32.2 Å². The topological polar surface area (TPSA) is 58.7 Å². The molecule has 4 heteroatoms. The van der Waals surface area contributed by atoms with E-state index in [0.717, 1.165) is 25.1 Å².